The van der Waals surface area contributed by atoms with Crippen molar-refractivity contribution in [1.29, 1.82) is 0 Å². The van der Waals surface area contributed by atoms with E-state index in [1.807, 2.05) is 5.32 Å². The minimum absolute atomic E-state index is 0.0694. The number of primary amides is 1. The van der Waals surface area contributed by atoms with Gasteiger partial charge in [-0.05, 0) is 5.92 Å². The lowest BCUT2D eigenvalue weighted by molar-refractivity contribution is -0.135. The van der Waals surface area contributed by atoms with Gasteiger partial charge < -0.3 is 21.9 Å². The highest BCUT2D eigenvalue weighted by molar-refractivity contribution is 5.87. The minimum atomic E-state index is -1.67. The van der Waals surface area contributed by atoms with E-state index in [0.29, 0.717) is 0 Å². The third kappa shape index (κ3) is 3.86. The molecule has 6 N–H and O–H groups in total. The van der Waals surface area contributed by atoms with Crippen molar-refractivity contribution < 1.29 is 14.7 Å². The van der Waals surface area contributed by atoms with E-state index in [2.05, 4.69) is 0 Å². The first-order valence-electron chi connectivity index (χ1n) is 3.89. The number of nitrogens with one attached hydrogen (secondary N) is 1. The van der Waals surface area contributed by atoms with Gasteiger partial charge in [-0.2, -0.15) is 0 Å². The smallest absolute Gasteiger partial charge is 0.267 e. The van der Waals surface area contributed by atoms with Crippen LogP contribution in [0.4, 0.5) is 0 Å². The lowest BCUT2D eigenvalue weighted by Gasteiger charge is -2.16. The van der Waals surface area contributed by atoms with Crippen LogP contribution in [0, 0.1) is 5.92 Å². The van der Waals surface area contributed by atoms with Gasteiger partial charge in [-0.15, -0.1) is 0 Å². The van der Waals surface area contributed by atoms with Crippen LogP contribution in [0.2, 0.25) is 0 Å². The summed E-state index contributed by atoms with van der Waals surface area (Å²) in [6.07, 6.45) is -1.67. The molecule has 2 atom stereocenters. The van der Waals surface area contributed by atoms with Crippen molar-refractivity contribution >= 4 is 11.8 Å². The van der Waals surface area contributed by atoms with Crippen LogP contribution in [0.25, 0.3) is 0 Å². The molecule has 6 heteroatoms. The first kappa shape index (κ1) is 11.9. The average Bonchev–Trinajstić information content (AvgIpc) is 2.02. The maximum atomic E-state index is 11.1. The molecule has 0 saturated carbocycles. The van der Waals surface area contributed by atoms with Crippen LogP contribution in [0.15, 0.2) is 0 Å². The first-order chi connectivity index (χ1) is 5.86. The summed E-state index contributed by atoms with van der Waals surface area (Å²) in [6.45, 7) is 3.50. The predicted octanol–water partition coefficient (Wildman–Crippen LogP) is -2.11. The Hall–Kier alpha value is -1.14. The van der Waals surface area contributed by atoms with Gasteiger partial charge >= 0.3 is 0 Å². The number of nitrogens with two attached hydrogens (primary N) is 2. The molecule has 0 aromatic rings. The molecule has 0 heterocycles. The Kier molecular flexibility index (Phi) is 4.36. The summed E-state index contributed by atoms with van der Waals surface area (Å²) >= 11 is 0. The van der Waals surface area contributed by atoms with Gasteiger partial charge in [-0.3, -0.25) is 9.59 Å². The molecule has 0 bridgehead atoms. The second-order valence-corrected chi connectivity index (χ2v) is 3.08. The number of rotatable bonds is 4. The van der Waals surface area contributed by atoms with E-state index in [1.165, 1.54) is 0 Å². The fraction of sp³-hybridized carbons (Fsp3) is 0.714. The molecule has 0 aliphatic heterocycles. The van der Waals surface area contributed by atoms with Gasteiger partial charge in [0, 0.05) is 0 Å². The van der Waals surface area contributed by atoms with Crippen LogP contribution in [-0.2, 0) is 9.59 Å². The van der Waals surface area contributed by atoms with Crippen molar-refractivity contribution in [2.45, 2.75) is 26.1 Å². The maximum absolute atomic E-state index is 11.1. The molecule has 0 saturated heterocycles. The SMILES string of the molecule is CC(C)[C@H](N)C(=O)NC(O)C(N)=O. The van der Waals surface area contributed by atoms with Crippen LogP contribution < -0.4 is 16.8 Å². The van der Waals surface area contributed by atoms with Gasteiger partial charge in [-0.1, -0.05) is 13.8 Å². The van der Waals surface area contributed by atoms with Crippen molar-refractivity contribution in [2.75, 3.05) is 0 Å². The van der Waals surface area contributed by atoms with E-state index in [9.17, 15) is 9.59 Å². The average molecular weight is 189 g/mol. The summed E-state index contributed by atoms with van der Waals surface area (Å²) in [5.74, 6) is -1.68. The zero-order chi connectivity index (χ0) is 10.6. The van der Waals surface area contributed by atoms with E-state index < -0.39 is 24.1 Å². The molecule has 0 aromatic heterocycles. The van der Waals surface area contributed by atoms with Gasteiger partial charge in [0.15, 0.2) is 0 Å². The summed E-state index contributed by atoms with van der Waals surface area (Å²) in [7, 11) is 0. The second-order valence-electron chi connectivity index (χ2n) is 3.08. The minimum Gasteiger partial charge on any atom is -0.366 e. The third-order valence-corrected chi connectivity index (χ3v) is 1.57. The molecule has 6 nitrogen and oxygen atoms in total. The van der Waals surface area contributed by atoms with Gasteiger partial charge in [0.1, 0.15) is 0 Å². The normalized spacial score (nSPS) is 15.2. The fourth-order valence-corrected chi connectivity index (χ4v) is 0.605. The van der Waals surface area contributed by atoms with Gasteiger partial charge in [-0.25, -0.2) is 0 Å². The Morgan fingerprint density at radius 3 is 2.15 bits per heavy atom. The van der Waals surface area contributed by atoms with Crippen LogP contribution in [0.3, 0.4) is 0 Å². The zero-order valence-electron chi connectivity index (χ0n) is 7.65. The lowest BCUT2D eigenvalue weighted by atomic mass is 10.1. The number of amides is 2. The van der Waals surface area contributed by atoms with Crippen LogP contribution in [0.1, 0.15) is 13.8 Å². The number of hydrogen-bond acceptors (Lipinski definition) is 4. The van der Waals surface area contributed by atoms with Crippen molar-refractivity contribution in [3.63, 3.8) is 0 Å². The quantitative estimate of drug-likeness (QED) is 0.378. The number of hydrogen-bond donors (Lipinski definition) is 4. The summed E-state index contributed by atoms with van der Waals surface area (Å²) in [6, 6.07) is -0.756. The first-order valence-corrected chi connectivity index (χ1v) is 3.89. The van der Waals surface area contributed by atoms with Crippen molar-refractivity contribution in [1.82, 2.24) is 5.32 Å². The largest absolute Gasteiger partial charge is 0.366 e. The highest BCUT2D eigenvalue weighted by atomic mass is 16.3. The monoisotopic (exact) mass is 189 g/mol. The Labute approximate surface area is 76.3 Å². The summed E-state index contributed by atoms with van der Waals surface area (Å²) in [4.78, 5) is 21.4. The molecule has 0 aliphatic rings. The van der Waals surface area contributed by atoms with E-state index >= 15 is 0 Å². The molecule has 1 unspecified atom stereocenters. The van der Waals surface area contributed by atoms with Gasteiger partial charge in [0.05, 0.1) is 6.04 Å². The summed E-state index contributed by atoms with van der Waals surface area (Å²) < 4.78 is 0. The van der Waals surface area contributed by atoms with E-state index in [4.69, 9.17) is 16.6 Å². The molecule has 2 amide bonds. The summed E-state index contributed by atoms with van der Waals surface area (Å²) in [5, 5.41) is 10.8. The van der Waals surface area contributed by atoms with E-state index in [0.717, 1.165) is 0 Å². The predicted molar refractivity (Wildman–Crippen MR) is 46.2 cm³/mol. The van der Waals surface area contributed by atoms with Crippen molar-refractivity contribution in [3.05, 3.63) is 0 Å². The molecule has 0 aromatic carbocycles. The Balaban J connectivity index is 4.08. The Morgan fingerprint density at radius 1 is 1.38 bits per heavy atom. The van der Waals surface area contributed by atoms with Crippen molar-refractivity contribution in [2.24, 2.45) is 17.4 Å². The van der Waals surface area contributed by atoms with Gasteiger partial charge in [0.2, 0.25) is 12.1 Å². The zero-order valence-corrected chi connectivity index (χ0v) is 7.65. The van der Waals surface area contributed by atoms with E-state index in [1.54, 1.807) is 13.8 Å². The molecule has 76 valence electrons. The van der Waals surface area contributed by atoms with Crippen LogP contribution in [-0.4, -0.2) is 29.2 Å². The number of carbonyl (C=O) groups is 2. The molecule has 0 radical (unpaired) electrons. The Bertz CT molecular complexity index is 205. The highest BCUT2D eigenvalue weighted by Crippen LogP contribution is 1.97. The van der Waals surface area contributed by atoms with E-state index in [-0.39, 0.29) is 5.92 Å². The standard InChI is InChI=1S/C7H15N3O3/c1-3(2)4(8)6(12)10-7(13)5(9)11/h3-4,7,13H,8H2,1-2H3,(H2,9,11)(H,10,12)/t4-,7?/m0/s1. The number of aliphatic hydroxyl groups excluding tert-OH is 1. The maximum Gasteiger partial charge on any atom is 0.267 e. The van der Waals surface area contributed by atoms with Crippen LogP contribution >= 0.6 is 0 Å². The fourth-order valence-electron chi connectivity index (χ4n) is 0.605. The molecular formula is C7H15N3O3. The van der Waals surface area contributed by atoms with Crippen LogP contribution in [0.5, 0.6) is 0 Å². The highest BCUT2D eigenvalue weighted by Gasteiger charge is 2.21. The molecule has 13 heavy (non-hydrogen) atoms. The Morgan fingerprint density at radius 2 is 1.85 bits per heavy atom. The molecule has 0 rings (SSSR count). The second kappa shape index (κ2) is 4.78. The van der Waals surface area contributed by atoms with Gasteiger partial charge in [0.25, 0.3) is 5.91 Å². The number of carbonyl (C=O) groups excluding carboxylic acids is 2. The lowest BCUT2D eigenvalue weighted by Crippen LogP contribution is -2.51. The summed E-state index contributed by atoms with van der Waals surface area (Å²) in [5.41, 5.74) is 10.1. The molecule has 0 fully saturated rings. The molecule has 0 aliphatic carbocycles. The molecule has 0 spiro atoms. The molecular weight excluding hydrogens is 174 g/mol. The number of aliphatic hydroxyl groups is 1. The topological polar surface area (TPSA) is 118 Å². The third-order valence-electron chi connectivity index (χ3n) is 1.57. The van der Waals surface area contributed by atoms with Crippen molar-refractivity contribution in [3.8, 4) is 0 Å².